The number of carbonyl (C=O) groups is 1. The Balaban J connectivity index is 1.97. The highest BCUT2D eigenvalue weighted by atomic mass is 16.5. The first kappa shape index (κ1) is 14.7. The monoisotopic (exact) mass is 277 g/mol. The number of urea groups is 1. The molecule has 1 aliphatic rings. The maximum Gasteiger partial charge on any atom is 0.324 e. The molecular weight excluding hydrogens is 254 g/mol. The normalized spacial score (nSPS) is 16.1. The van der Waals surface area contributed by atoms with E-state index in [-0.39, 0.29) is 6.03 Å². The van der Waals surface area contributed by atoms with Crippen molar-refractivity contribution in [3.05, 3.63) is 24.3 Å². The van der Waals surface area contributed by atoms with Crippen LogP contribution in [-0.4, -0.2) is 62.7 Å². The number of anilines is 1. The van der Waals surface area contributed by atoms with Crippen molar-refractivity contribution in [3.63, 3.8) is 0 Å². The molecule has 20 heavy (non-hydrogen) atoms. The SMILES string of the molecule is CCN1CCN(C(=O)N(C)c2ccc(OC)cc2)CC1. The predicted octanol–water partition coefficient (Wildman–Crippen LogP) is 1.89. The Bertz CT molecular complexity index is 439. The number of methoxy groups -OCH3 is 1. The number of amides is 2. The van der Waals surface area contributed by atoms with Crippen molar-refractivity contribution < 1.29 is 9.53 Å². The van der Waals surface area contributed by atoms with E-state index in [2.05, 4.69) is 11.8 Å². The van der Waals surface area contributed by atoms with Gasteiger partial charge in [-0.05, 0) is 30.8 Å². The molecule has 0 unspecified atom stereocenters. The minimum Gasteiger partial charge on any atom is -0.497 e. The Kier molecular flexibility index (Phi) is 4.84. The number of hydrogen-bond donors (Lipinski definition) is 0. The number of carbonyl (C=O) groups excluding carboxylic acids is 1. The highest BCUT2D eigenvalue weighted by Gasteiger charge is 2.23. The fraction of sp³-hybridized carbons (Fsp3) is 0.533. The molecule has 0 spiro atoms. The number of hydrogen-bond acceptors (Lipinski definition) is 3. The Morgan fingerprint density at radius 1 is 1.20 bits per heavy atom. The summed E-state index contributed by atoms with van der Waals surface area (Å²) in [5.74, 6) is 0.797. The van der Waals surface area contributed by atoms with Crippen LogP contribution in [0, 0.1) is 0 Å². The summed E-state index contributed by atoms with van der Waals surface area (Å²) in [7, 11) is 3.45. The molecule has 1 saturated heterocycles. The lowest BCUT2D eigenvalue weighted by atomic mass is 10.2. The van der Waals surface area contributed by atoms with E-state index in [9.17, 15) is 4.79 Å². The molecule has 1 fully saturated rings. The summed E-state index contributed by atoms with van der Waals surface area (Å²) in [5.41, 5.74) is 0.883. The minimum absolute atomic E-state index is 0.0610. The molecule has 2 rings (SSSR count). The zero-order valence-electron chi connectivity index (χ0n) is 12.5. The Hall–Kier alpha value is -1.75. The lowest BCUT2D eigenvalue weighted by Crippen LogP contribution is -2.52. The standard InChI is InChI=1S/C15H23N3O2/c1-4-17-9-11-18(12-10-17)15(19)16(2)13-5-7-14(20-3)8-6-13/h5-8H,4,9-12H2,1-3H3. The average molecular weight is 277 g/mol. The van der Waals surface area contributed by atoms with Crippen LogP contribution in [0.15, 0.2) is 24.3 Å². The van der Waals surface area contributed by atoms with E-state index in [1.54, 1.807) is 12.0 Å². The third-order valence-corrected chi connectivity index (χ3v) is 3.84. The van der Waals surface area contributed by atoms with Crippen molar-refractivity contribution in [1.29, 1.82) is 0 Å². The lowest BCUT2D eigenvalue weighted by molar-refractivity contribution is 0.148. The molecule has 5 nitrogen and oxygen atoms in total. The first-order valence-corrected chi connectivity index (χ1v) is 7.04. The van der Waals surface area contributed by atoms with Gasteiger partial charge < -0.3 is 14.5 Å². The zero-order valence-corrected chi connectivity index (χ0v) is 12.5. The number of rotatable bonds is 3. The maximum atomic E-state index is 12.5. The van der Waals surface area contributed by atoms with Gasteiger partial charge in [-0.2, -0.15) is 0 Å². The Morgan fingerprint density at radius 3 is 2.30 bits per heavy atom. The molecule has 0 aliphatic carbocycles. The third kappa shape index (κ3) is 3.22. The van der Waals surface area contributed by atoms with Crippen molar-refractivity contribution in [2.24, 2.45) is 0 Å². The van der Waals surface area contributed by atoms with Gasteiger partial charge in [0, 0.05) is 38.9 Å². The molecule has 1 heterocycles. The van der Waals surface area contributed by atoms with E-state index in [1.165, 1.54) is 0 Å². The molecule has 5 heteroatoms. The molecule has 1 aromatic carbocycles. The van der Waals surface area contributed by atoms with Gasteiger partial charge in [-0.1, -0.05) is 6.92 Å². The van der Waals surface area contributed by atoms with Crippen molar-refractivity contribution >= 4 is 11.7 Å². The summed E-state index contributed by atoms with van der Waals surface area (Å²) in [4.78, 5) is 18.4. The molecule has 0 atom stereocenters. The van der Waals surface area contributed by atoms with Crippen molar-refractivity contribution in [1.82, 2.24) is 9.80 Å². The summed E-state index contributed by atoms with van der Waals surface area (Å²) < 4.78 is 5.13. The second kappa shape index (κ2) is 6.61. The molecule has 110 valence electrons. The van der Waals surface area contributed by atoms with E-state index < -0.39 is 0 Å². The van der Waals surface area contributed by atoms with Gasteiger partial charge in [0.25, 0.3) is 0 Å². The highest BCUT2D eigenvalue weighted by Crippen LogP contribution is 2.19. The van der Waals surface area contributed by atoms with Gasteiger partial charge >= 0.3 is 6.03 Å². The zero-order chi connectivity index (χ0) is 14.5. The summed E-state index contributed by atoms with van der Waals surface area (Å²) in [6.07, 6.45) is 0. The number of likely N-dealkylation sites (N-methyl/N-ethyl adjacent to an activating group) is 1. The van der Waals surface area contributed by atoms with Gasteiger partial charge in [0.2, 0.25) is 0 Å². The van der Waals surface area contributed by atoms with E-state index >= 15 is 0 Å². The summed E-state index contributed by atoms with van der Waals surface area (Å²) in [6.45, 7) is 6.72. The van der Waals surface area contributed by atoms with Gasteiger partial charge in [-0.3, -0.25) is 4.90 Å². The van der Waals surface area contributed by atoms with Crippen LogP contribution in [0.3, 0.4) is 0 Å². The number of piperazine rings is 1. The van der Waals surface area contributed by atoms with Crippen molar-refractivity contribution in [2.45, 2.75) is 6.92 Å². The largest absolute Gasteiger partial charge is 0.497 e. The molecule has 0 bridgehead atoms. The van der Waals surface area contributed by atoms with Crippen LogP contribution in [0.25, 0.3) is 0 Å². The molecular formula is C15H23N3O2. The van der Waals surface area contributed by atoms with Gasteiger partial charge in [-0.15, -0.1) is 0 Å². The minimum atomic E-state index is 0.0610. The molecule has 0 saturated carbocycles. The topological polar surface area (TPSA) is 36.0 Å². The predicted molar refractivity (Wildman–Crippen MR) is 80.5 cm³/mol. The first-order chi connectivity index (χ1) is 9.65. The molecule has 1 aromatic rings. The van der Waals surface area contributed by atoms with Crippen LogP contribution in [0.4, 0.5) is 10.5 Å². The van der Waals surface area contributed by atoms with Crippen LogP contribution >= 0.6 is 0 Å². The van der Waals surface area contributed by atoms with Crippen LogP contribution in [0.2, 0.25) is 0 Å². The fourth-order valence-electron chi connectivity index (χ4n) is 2.38. The van der Waals surface area contributed by atoms with Crippen molar-refractivity contribution in [2.75, 3.05) is 51.8 Å². The Labute approximate surface area is 120 Å². The number of benzene rings is 1. The summed E-state index contributed by atoms with van der Waals surface area (Å²) in [5, 5.41) is 0. The smallest absolute Gasteiger partial charge is 0.324 e. The Morgan fingerprint density at radius 2 is 1.80 bits per heavy atom. The van der Waals surface area contributed by atoms with Crippen LogP contribution < -0.4 is 9.64 Å². The quantitative estimate of drug-likeness (QED) is 0.846. The average Bonchev–Trinajstić information content (AvgIpc) is 2.53. The molecule has 0 aromatic heterocycles. The van der Waals surface area contributed by atoms with Crippen LogP contribution in [-0.2, 0) is 0 Å². The first-order valence-electron chi connectivity index (χ1n) is 7.04. The van der Waals surface area contributed by atoms with Gasteiger partial charge in [-0.25, -0.2) is 4.79 Å². The molecule has 1 aliphatic heterocycles. The third-order valence-electron chi connectivity index (χ3n) is 3.84. The fourth-order valence-corrected chi connectivity index (χ4v) is 2.38. The van der Waals surface area contributed by atoms with E-state index in [0.29, 0.717) is 0 Å². The summed E-state index contributed by atoms with van der Waals surface area (Å²) >= 11 is 0. The van der Waals surface area contributed by atoms with Gasteiger partial charge in [0.05, 0.1) is 7.11 Å². The van der Waals surface area contributed by atoms with E-state index in [1.807, 2.05) is 36.2 Å². The summed E-state index contributed by atoms with van der Waals surface area (Å²) in [6, 6.07) is 7.60. The second-order valence-electron chi connectivity index (χ2n) is 4.96. The molecule has 0 N–H and O–H groups in total. The highest BCUT2D eigenvalue weighted by molar-refractivity contribution is 5.91. The van der Waals surface area contributed by atoms with E-state index in [4.69, 9.17) is 4.74 Å². The number of nitrogens with zero attached hydrogens (tertiary/aromatic N) is 3. The van der Waals surface area contributed by atoms with Gasteiger partial charge in [0.15, 0.2) is 0 Å². The lowest BCUT2D eigenvalue weighted by Gasteiger charge is -2.36. The van der Waals surface area contributed by atoms with Crippen LogP contribution in [0.5, 0.6) is 5.75 Å². The van der Waals surface area contributed by atoms with Gasteiger partial charge in [0.1, 0.15) is 5.75 Å². The molecule has 0 radical (unpaired) electrons. The second-order valence-corrected chi connectivity index (χ2v) is 4.96. The number of ether oxygens (including phenoxy) is 1. The molecule has 2 amide bonds. The maximum absolute atomic E-state index is 12.5. The van der Waals surface area contributed by atoms with Crippen molar-refractivity contribution in [3.8, 4) is 5.75 Å². The van der Waals surface area contributed by atoms with Crippen LogP contribution in [0.1, 0.15) is 6.92 Å². The van der Waals surface area contributed by atoms with E-state index in [0.717, 1.165) is 44.2 Å².